The first-order chi connectivity index (χ1) is 10.8. The molecular weight excluding hydrogens is 296 g/mol. The van der Waals surface area contributed by atoms with E-state index in [1.54, 1.807) is 12.0 Å². The number of nitrogens with zero attached hydrogens (tertiary/aromatic N) is 2. The van der Waals surface area contributed by atoms with Crippen LogP contribution >= 0.6 is 0 Å². The zero-order valence-corrected chi connectivity index (χ0v) is 14.2. The van der Waals surface area contributed by atoms with Crippen LogP contribution in [0.3, 0.4) is 0 Å². The molecule has 2 bridgehead atoms. The van der Waals surface area contributed by atoms with Crippen molar-refractivity contribution >= 4 is 6.09 Å². The number of hydrogen-bond acceptors (Lipinski definition) is 4. The van der Waals surface area contributed by atoms with Gasteiger partial charge in [0.1, 0.15) is 11.4 Å². The van der Waals surface area contributed by atoms with Crippen molar-refractivity contribution in [1.29, 1.82) is 0 Å². The number of hydrogen-bond donors (Lipinski definition) is 0. The van der Waals surface area contributed by atoms with Gasteiger partial charge in [0.05, 0.1) is 7.11 Å². The minimum Gasteiger partial charge on any atom is -0.496 e. The fraction of sp³-hybridized carbons (Fsp3) is 0.647. The van der Waals surface area contributed by atoms with Crippen molar-refractivity contribution < 1.29 is 14.3 Å². The zero-order chi connectivity index (χ0) is 16.8. The average molecular weight is 320 g/mol. The van der Waals surface area contributed by atoms with E-state index in [9.17, 15) is 9.59 Å². The van der Waals surface area contributed by atoms with E-state index < -0.39 is 5.60 Å². The van der Waals surface area contributed by atoms with Gasteiger partial charge in [-0.15, -0.1) is 0 Å². The molecule has 1 aromatic rings. The standard InChI is InChI=1S/C17H24N2O4/c1-17(2,3)23-16(21)18-8-11-5-12(10-18)14-6-13(22-4)7-15(20)19(14)9-11/h6-7,11-12H,5,8-10H2,1-4H3/t11?,12-/m0/s1. The average Bonchev–Trinajstić information content (AvgIpc) is 2.46. The summed E-state index contributed by atoms with van der Waals surface area (Å²) in [5.74, 6) is 1.02. The monoisotopic (exact) mass is 320 g/mol. The molecule has 0 N–H and O–H groups in total. The Morgan fingerprint density at radius 1 is 1.22 bits per heavy atom. The molecule has 1 saturated heterocycles. The minimum absolute atomic E-state index is 0.0280. The fourth-order valence-corrected chi connectivity index (χ4v) is 3.53. The normalized spacial score (nSPS) is 23.2. The summed E-state index contributed by atoms with van der Waals surface area (Å²) >= 11 is 0. The third-order valence-corrected chi connectivity index (χ3v) is 4.42. The summed E-state index contributed by atoms with van der Waals surface area (Å²) in [6.07, 6.45) is 0.720. The number of fused-ring (bicyclic) bond motifs is 4. The summed E-state index contributed by atoms with van der Waals surface area (Å²) in [6, 6.07) is 3.44. The smallest absolute Gasteiger partial charge is 0.410 e. The third kappa shape index (κ3) is 3.21. The molecule has 1 aromatic heterocycles. The number of carbonyl (C=O) groups excluding carboxylic acids is 1. The Morgan fingerprint density at radius 3 is 2.61 bits per heavy atom. The van der Waals surface area contributed by atoms with Gasteiger partial charge in [0.25, 0.3) is 5.56 Å². The maximum Gasteiger partial charge on any atom is 0.410 e. The first-order valence-electron chi connectivity index (χ1n) is 8.03. The molecule has 6 heteroatoms. The van der Waals surface area contributed by atoms with E-state index in [-0.39, 0.29) is 17.6 Å². The van der Waals surface area contributed by atoms with Crippen LogP contribution in [0.2, 0.25) is 0 Å². The Bertz CT molecular complexity index is 674. The maximum absolute atomic E-state index is 12.4. The fourth-order valence-electron chi connectivity index (χ4n) is 3.53. The molecule has 0 spiro atoms. The van der Waals surface area contributed by atoms with Crippen LogP contribution in [-0.4, -0.2) is 41.4 Å². The van der Waals surface area contributed by atoms with Gasteiger partial charge in [0, 0.05) is 43.4 Å². The number of likely N-dealkylation sites (tertiary alicyclic amines) is 1. The van der Waals surface area contributed by atoms with E-state index in [0.717, 1.165) is 12.1 Å². The van der Waals surface area contributed by atoms with E-state index in [4.69, 9.17) is 9.47 Å². The number of piperidine rings is 1. The molecule has 0 aliphatic carbocycles. The van der Waals surface area contributed by atoms with Crippen LogP contribution in [0.15, 0.2) is 16.9 Å². The van der Waals surface area contributed by atoms with E-state index >= 15 is 0 Å². The molecule has 1 unspecified atom stereocenters. The Hall–Kier alpha value is -1.98. The second kappa shape index (κ2) is 5.58. The molecule has 0 aromatic carbocycles. The van der Waals surface area contributed by atoms with Gasteiger partial charge in [-0.3, -0.25) is 4.79 Å². The number of amides is 1. The topological polar surface area (TPSA) is 60.8 Å². The highest BCUT2D eigenvalue weighted by Gasteiger charge is 2.38. The highest BCUT2D eigenvalue weighted by atomic mass is 16.6. The molecule has 126 valence electrons. The lowest BCUT2D eigenvalue weighted by atomic mass is 9.83. The molecule has 6 nitrogen and oxygen atoms in total. The van der Waals surface area contributed by atoms with Crippen LogP contribution in [-0.2, 0) is 11.3 Å². The van der Waals surface area contributed by atoms with Crippen molar-refractivity contribution in [1.82, 2.24) is 9.47 Å². The number of carbonyl (C=O) groups is 1. The van der Waals surface area contributed by atoms with E-state index in [1.165, 1.54) is 6.07 Å². The number of pyridine rings is 1. The highest BCUT2D eigenvalue weighted by molar-refractivity contribution is 5.68. The molecule has 1 amide bonds. The Labute approximate surface area is 136 Å². The molecule has 1 fully saturated rings. The summed E-state index contributed by atoms with van der Waals surface area (Å²) in [7, 11) is 1.56. The first kappa shape index (κ1) is 15.9. The van der Waals surface area contributed by atoms with Gasteiger partial charge in [-0.05, 0) is 33.1 Å². The number of rotatable bonds is 1. The summed E-state index contributed by atoms with van der Waals surface area (Å²) in [5, 5.41) is 0. The van der Waals surface area contributed by atoms with Crippen LogP contribution < -0.4 is 10.3 Å². The van der Waals surface area contributed by atoms with Gasteiger partial charge in [0.15, 0.2) is 0 Å². The molecule has 3 rings (SSSR count). The zero-order valence-electron chi connectivity index (χ0n) is 14.2. The van der Waals surface area contributed by atoms with Crippen molar-refractivity contribution in [3.63, 3.8) is 0 Å². The molecular formula is C17H24N2O4. The lowest BCUT2D eigenvalue weighted by molar-refractivity contribution is 0.0102. The second-order valence-electron chi connectivity index (χ2n) is 7.45. The summed E-state index contributed by atoms with van der Waals surface area (Å²) < 4.78 is 12.5. The lowest BCUT2D eigenvalue weighted by Gasteiger charge is -2.42. The van der Waals surface area contributed by atoms with Crippen LogP contribution in [0.1, 0.15) is 38.8 Å². The first-order valence-corrected chi connectivity index (χ1v) is 8.03. The van der Waals surface area contributed by atoms with Crippen molar-refractivity contribution in [2.24, 2.45) is 5.92 Å². The molecule has 0 radical (unpaired) electrons. The van der Waals surface area contributed by atoms with Gasteiger partial charge in [0.2, 0.25) is 0 Å². The predicted molar refractivity (Wildman–Crippen MR) is 85.9 cm³/mol. The molecule has 3 heterocycles. The van der Waals surface area contributed by atoms with Crippen LogP contribution in [0.4, 0.5) is 4.79 Å². The van der Waals surface area contributed by atoms with Gasteiger partial charge >= 0.3 is 6.09 Å². The van der Waals surface area contributed by atoms with Gasteiger partial charge in [-0.25, -0.2) is 4.79 Å². The van der Waals surface area contributed by atoms with Gasteiger partial charge < -0.3 is 18.9 Å². The third-order valence-electron chi connectivity index (χ3n) is 4.42. The van der Waals surface area contributed by atoms with Gasteiger partial charge in [-0.2, -0.15) is 0 Å². The Balaban J connectivity index is 1.86. The molecule has 0 saturated carbocycles. The molecule has 23 heavy (non-hydrogen) atoms. The van der Waals surface area contributed by atoms with E-state index in [1.807, 2.05) is 31.4 Å². The van der Waals surface area contributed by atoms with Crippen LogP contribution in [0.25, 0.3) is 0 Å². The Kier molecular flexibility index (Phi) is 3.86. The molecule has 2 aliphatic heterocycles. The number of ether oxygens (including phenoxy) is 2. The molecule has 2 atom stereocenters. The molecule has 2 aliphatic rings. The SMILES string of the molecule is COc1cc2n(c(=O)c1)CC1C[C@H]2CN(C(=O)OC(C)(C)C)C1. The summed E-state index contributed by atoms with van der Waals surface area (Å²) in [4.78, 5) is 26.4. The largest absolute Gasteiger partial charge is 0.496 e. The summed E-state index contributed by atoms with van der Waals surface area (Å²) in [6.45, 7) is 7.48. The summed E-state index contributed by atoms with van der Waals surface area (Å²) in [5.41, 5.74) is 0.431. The number of aromatic nitrogens is 1. The van der Waals surface area contributed by atoms with E-state index in [0.29, 0.717) is 31.3 Å². The second-order valence-corrected chi connectivity index (χ2v) is 7.45. The van der Waals surface area contributed by atoms with Crippen LogP contribution in [0, 0.1) is 5.92 Å². The number of methoxy groups -OCH3 is 1. The minimum atomic E-state index is -0.498. The maximum atomic E-state index is 12.4. The van der Waals surface area contributed by atoms with Crippen LogP contribution in [0.5, 0.6) is 5.75 Å². The van der Waals surface area contributed by atoms with Crippen molar-refractivity contribution in [2.75, 3.05) is 20.2 Å². The van der Waals surface area contributed by atoms with Gasteiger partial charge in [-0.1, -0.05) is 0 Å². The van der Waals surface area contributed by atoms with E-state index in [2.05, 4.69) is 0 Å². The predicted octanol–water partition coefficient (Wildman–Crippen LogP) is 2.21. The van der Waals surface area contributed by atoms with Crippen molar-refractivity contribution in [2.45, 2.75) is 45.3 Å². The van der Waals surface area contributed by atoms with Crippen molar-refractivity contribution in [3.05, 3.63) is 28.2 Å². The highest BCUT2D eigenvalue weighted by Crippen LogP contribution is 2.36. The Morgan fingerprint density at radius 2 is 1.96 bits per heavy atom. The lowest BCUT2D eigenvalue weighted by Crippen LogP contribution is -2.50. The van der Waals surface area contributed by atoms with Crippen molar-refractivity contribution in [3.8, 4) is 5.75 Å². The quantitative estimate of drug-likeness (QED) is 0.796.